The van der Waals surface area contributed by atoms with E-state index in [1.165, 1.54) is 0 Å². The van der Waals surface area contributed by atoms with Crippen molar-refractivity contribution in [2.45, 2.75) is 26.8 Å². The zero-order chi connectivity index (χ0) is 19.1. The van der Waals surface area contributed by atoms with Crippen molar-refractivity contribution in [3.8, 4) is 5.75 Å². The van der Waals surface area contributed by atoms with Gasteiger partial charge in [0.25, 0.3) is 0 Å². The van der Waals surface area contributed by atoms with Crippen LogP contribution < -0.4 is 20.7 Å². The second-order valence-corrected chi connectivity index (χ2v) is 6.77. The van der Waals surface area contributed by atoms with Gasteiger partial charge in [0.05, 0.1) is 12.8 Å². The van der Waals surface area contributed by atoms with Gasteiger partial charge in [0.15, 0.2) is 0 Å². The molecule has 1 saturated heterocycles. The topological polar surface area (TPSA) is 66.1 Å². The standard InChI is InChI=1S/C20H33N5O/c1-6-23-14-16(13-22-4)17-11-18(21)20(26-5)12-19(17)25-9-7-24(8-10-25)15(2)3/h11-15,23H,6-10,21H2,1-5H3. The molecule has 1 aliphatic rings. The molecule has 3 N–H and O–H groups in total. The summed E-state index contributed by atoms with van der Waals surface area (Å²) in [5.41, 5.74) is 10.1. The number of nitrogen functional groups attached to an aromatic ring is 1. The Balaban J connectivity index is 2.43. The molecule has 1 aromatic rings. The minimum atomic E-state index is 0.578. The van der Waals surface area contributed by atoms with Gasteiger partial charge in [0, 0.05) is 81.1 Å². The first kappa shape index (κ1) is 20.1. The molecule has 1 heterocycles. The summed E-state index contributed by atoms with van der Waals surface area (Å²) < 4.78 is 5.48. The minimum Gasteiger partial charge on any atom is -0.495 e. The summed E-state index contributed by atoms with van der Waals surface area (Å²) in [5, 5.41) is 3.28. The van der Waals surface area contributed by atoms with Crippen LogP contribution in [0.2, 0.25) is 0 Å². The average molecular weight is 360 g/mol. The number of nitrogens with one attached hydrogen (secondary N) is 1. The Labute approximate surface area is 157 Å². The number of ether oxygens (including phenoxy) is 1. The summed E-state index contributed by atoms with van der Waals surface area (Å²) in [6.45, 7) is 11.5. The largest absolute Gasteiger partial charge is 0.495 e. The van der Waals surface area contributed by atoms with E-state index >= 15 is 0 Å². The first-order valence-electron chi connectivity index (χ1n) is 9.34. The van der Waals surface area contributed by atoms with Crippen molar-refractivity contribution >= 4 is 23.2 Å². The Morgan fingerprint density at radius 1 is 1.31 bits per heavy atom. The van der Waals surface area contributed by atoms with Crippen molar-refractivity contribution in [1.29, 1.82) is 0 Å². The van der Waals surface area contributed by atoms with Crippen LogP contribution in [0.3, 0.4) is 0 Å². The maximum Gasteiger partial charge on any atom is 0.143 e. The number of nitrogens with zero attached hydrogens (tertiary/aromatic N) is 3. The lowest BCUT2D eigenvalue weighted by molar-refractivity contribution is 0.209. The third-order valence-electron chi connectivity index (χ3n) is 4.77. The SMILES string of the molecule is CCNC=C(C=NC)c1cc(N)c(OC)cc1N1CCN(C(C)C)CC1. The number of hydrogen-bond acceptors (Lipinski definition) is 6. The Morgan fingerprint density at radius 3 is 2.54 bits per heavy atom. The highest BCUT2D eigenvalue weighted by Gasteiger charge is 2.23. The van der Waals surface area contributed by atoms with Gasteiger partial charge in [-0.3, -0.25) is 9.89 Å². The molecule has 26 heavy (non-hydrogen) atoms. The molecule has 1 aromatic carbocycles. The van der Waals surface area contributed by atoms with E-state index in [4.69, 9.17) is 10.5 Å². The van der Waals surface area contributed by atoms with Crippen molar-refractivity contribution in [2.24, 2.45) is 4.99 Å². The van der Waals surface area contributed by atoms with E-state index < -0.39 is 0 Å². The van der Waals surface area contributed by atoms with E-state index in [1.54, 1.807) is 14.2 Å². The monoisotopic (exact) mass is 359 g/mol. The second-order valence-electron chi connectivity index (χ2n) is 6.77. The van der Waals surface area contributed by atoms with Crippen LogP contribution in [0, 0.1) is 0 Å². The molecule has 0 unspecified atom stereocenters. The number of nitrogens with two attached hydrogens (primary N) is 1. The van der Waals surface area contributed by atoms with Crippen LogP contribution in [0.4, 0.5) is 11.4 Å². The van der Waals surface area contributed by atoms with Gasteiger partial charge in [-0.25, -0.2) is 0 Å². The normalized spacial score (nSPS) is 16.5. The van der Waals surface area contributed by atoms with E-state index in [0.717, 1.165) is 49.5 Å². The molecule has 6 heteroatoms. The Morgan fingerprint density at radius 2 is 2.00 bits per heavy atom. The number of methoxy groups -OCH3 is 1. The van der Waals surface area contributed by atoms with Crippen LogP contribution in [-0.2, 0) is 0 Å². The molecule has 1 aliphatic heterocycles. The highest BCUT2D eigenvalue weighted by atomic mass is 16.5. The molecule has 0 saturated carbocycles. The van der Waals surface area contributed by atoms with Crippen molar-refractivity contribution in [1.82, 2.24) is 10.2 Å². The Hall–Kier alpha value is -2.21. The summed E-state index contributed by atoms with van der Waals surface area (Å²) in [6, 6.07) is 4.63. The molecule has 0 amide bonds. The van der Waals surface area contributed by atoms with Crippen molar-refractivity contribution in [3.05, 3.63) is 23.9 Å². The molecule has 6 nitrogen and oxygen atoms in total. The van der Waals surface area contributed by atoms with Gasteiger partial charge in [-0.15, -0.1) is 0 Å². The van der Waals surface area contributed by atoms with Gasteiger partial charge < -0.3 is 20.7 Å². The highest BCUT2D eigenvalue weighted by Crippen LogP contribution is 2.35. The summed E-state index contributed by atoms with van der Waals surface area (Å²) in [6.07, 6.45) is 3.87. The predicted octanol–water partition coefficient (Wildman–Crippen LogP) is 2.46. The molecule has 0 atom stereocenters. The fourth-order valence-electron chi connectivity index (χ4n) is 3.27. The van der Waals surface area contributed by atoms with Gasteiger partial charge in [-0.2, -0.15) is 0 Å². The summed E-state index contributed by atoms with van der Waals surface area (Å²) in [5.74, 6) is 0.714. The maximum atomic E-state index is 6.21. The zero-order valence-corrected chi connectivity index (χ0v) is 16.7. The molecular weight excluding hydrogens is 326 g/mol. The van der Waals surface area contributed by atoms with Gasteiger partial charge in [0.2, 0.25) is 0 Å². The molecule has 144 valence electrons. The van der Waals surface area contributed by atoms with Crippen LogP contribution in [0.15, 0.2) is 23.3 Å². The summed E-state index contributed by atoms with van der Waals surface area (Å²) >= 11 is 0. The highest BCUT2D eigenvalue weighted by molar-refractivity contribution is 6.12. The van der Waals surface area contributed by atoms with Gasteiger partial charge in [-0.1, -0.05) is 0 Å². The molecule has 0 bridgehead atoms. The van der Waals surface area contributed by atoms with Crippen LogP contribution in [0.25, 0.3) is 5.57 Å². The van der Waals surface area contributed by atoms with E-state index in [9.17, 15) is 0 Å². The second kappa shape index (κ2) is 9.48. The Bertz CT molecular complexity index is 646. The van der Waals surface area contributed by atoms with E-state index in [1.807, 2.05) is 18.5 Å². The Kier molecular flexibility index (Phi) is 7.33. The number of hydrogen-bond donors (Lipinski definition) is 2. The lowest BCUT2D eigenvalue weighted by Gasteiger charge is -2.39. The van der Waals surface area contributed by atoms with E-state index in [0.29, 0.717) is 17.5 Å². The van der Waals surface area contributed by atoms with Gasteiger partial charge in [-0.05, 0) is 26.8 Å². The summed E-state index contributed by atoms with van der Waals surface area (Å²) in [4.78, 5) is 9.15. The quantitative estimate of drug-likeness (QED) is 0.578. The number of piperazine rings is 1. The molecular formula is C20H33N5O. The molecule has 0 radical (unpaired) electrons. The lowest BCUT2D eigenvalue weighted by atomic mass is 10.0. The smallest absolute Gasteiger partial charge is 0.143 e. The van der Waals surface area contributed by atoms with Crippen molar-refractivity contribution < 1.29 is 4.74 Å². The van der Waals surface area contributed by atoms with Gasteiger partial charge in [0.1, 0.15) is 5.75 Å². The predicted molar refractivity (Wildman–Crippen MR) is 112 cm³/mol. The molecule has 0 aromatic heterocycles. The molecule has 0 spiro atoms. The third kappa shape index (κ3) is 4.69. The third-order valence-corrected chi connectivity index (χ3v) is 4.77. The number of benzene rings is 1. The first-order chi connectivity index (χ1) is 12.5. The fraction of sp³-hybridized carbons (Fsp3) is 0.550. The van der Waals surface area contributed by atoms with Crippen LogP contribution in [0.5, 0.6) is 5.75 Å². The minimum absolute atomic E-state index is 0.578. The number of anilines is 2. The number of allylic oxidation sites excluding steroid dienone is 1. The number of aliphatic imine (C=N–C) groups is 1. The zero-order valence-electron chi connectivity index (χ0n) is 16.7. The molecule has 1 fully saturated rings. The van der Waals surface area contributed by atoms with Crippen LogP contribution in [0.1, 0.15) is 26.3 Å². The maximum absolute atomic E-state index is 6.21. The lowest BCUT2D eigenvalue weighted by Crippen LogP contribution is -2.49. The van der Waals surface area contributed by atoms with Crippen molar-refractivity contribution in [2.75, 3.05) is 57.5 Å². The molecule has 2 rings (SSSR count). The fourth-order valence-corrected chi connectivity index (χ4v) is 3.27. The van der Waals surface area contributed by atoms with Gasteiger partial charge >= 0.3 is 0 Å². The first-order valence-corrected chi connectivity index (χ1v) is 9.34. The summed E-state index contributed by atoms with van der Waals surface area (Å²) in [7, 11) is 3.45. The van der Waals surface area contributed by atoms with E-state index in [2.05, 4.69) is 46.9 Å². The number of rotatable bonds is 7. The van der Waals surface area contributed by atoms with Crippen molar-refractivity contribution in [3.63, 3.8) is 0 Å². The average Bonchev–Trinajstić information content (AvgIpc) is 2.65. The van der Waals surface area contributed by atoms with Crippen LogP contribution >= 0.6 is 0 Å². The van der Waals surface area contributed by atoms with Crippen LogP contribution in [-0.4, -0.2) is 64.0 Å². The van der Waals surface area contributed by atoms with E-state index in [-0.39, 0.29) is 0 Å². The molecule has 0 aliphatic carbocycles.